The fourth-order valence-corrected chi connectivity index (χ4v) is 3.73. The third kappa shape index (κ3) is 4.06. The number of β-amino-alcohol motifs (C(OH)–C–C–N with tert-alkyl or cyclic N) is 1. The van der Waals surface area contributed by atoms with Gasteiger partial charge in [-0.1, -0.05) is 11.3 Å². The highest BCUT2D eigenvalue weighted by Crippen LogP contribution is 2.25. The molecule has 0 unspecified atom stereocenters. The van der Waals surface area contributed by atoms with E-state index in [0.29, 0.717) is 13.1 Å². The summed E-state index contributed by atoms with van der Waals surface area (Å²) in [5, 5.41) is 8.99. The SMILES string of the molecule is O=c1[nH]c(-c2ccc(F)cc2)c(CN2CCN(CCO)CC2)s1. The van der Waals surface area contributed by atoms with Crippen molar-refractivity contribution >= 4 is 11.3 Å². The number of hydrogen-bond acceptors (Lipinski definition) is 5. The van der Waals surface area contributed by atoms with Crippen LogP contribution in [0.15, 0.2) is 29.1 Å². The van der Waals surface area contributed by atoms with Crippen LogP contribution in [0.2, 0.25) is 0 Å². The fraction of sp³-hybridized carbons (Fsp3) is 0.438. The summed E-state index contributed by atoms with van der Waals surface area (Å²) in [4.78, 5) is 20.1. The minimum atomic E-state index is -0.284. The monoisotopic (exact) mass is 337 g/mol. The van der Waals surface area contributed by atoms with Crippen LogP contribution in [0.5, 0.6) is 0 Å². The van der Waals surface area contributed by atoms with Crippen LogP contribution in [0, 0.1) is 5.82 Å². The van der Waals surface area contributed by atoms with Crippen molar-refractivity contribution in [2.24, 2.45) is 0 Å². The van der Waals surface area contributed by atoms with Crippen LogP contribution in [0.4, 0.5) is 4.39 Å². The normalized spacial score (nSPS) is 16.8. The molecule has 0 radical (unpaired) electrons. The van der Waals surface area contributed by atoms with Gasteiger partial charge in [0.15, 0.2) is 0 Å². The lowest BCUT2D eigenvalue weighted by Gasteiger charge is -2.34. The van der Waals surface area contributed by atoms with E-state index in [0.717, 1.165) is 42.3 Å². The van der Waals surface area contributed by atoms with Gasteiger partial charge in [-0.05, 0) is 29.8 Å². The van der Waals surface area contributed by atoms with Crippen LogP contribution in [-0.2, 0) is 6.54 Å². The summed E-state index contributed by atoms with van der Waals surface area (Å²) in [6, 6.07) is 6.19. The zero-order valence-electron chi connectivity index (χ0n) is 12.8. The standard InChI is InChI=1S/C16H20FN3O2S/c17-13-3-1-12(2-4-13)15-14(23-16(22)18-15)11-20-7-5-19(6-8-20)9-10-21/h1-4,21H,5-11H2,(H,18,22). The Bertz CT molecular complexity index is 690. The van der Waals surface area contributed by atoms with E-state index in [1.807, 2.05) is 0 Å². The second kappa shape index (κ2) is 7.35. The summed E-state index contributed by atoms with van der Waals surface area (Å²) in [5.74, 6) is -0.284. The molecule has 0 saturated carbocycles. The Balaban J connectivity index is 1.72. The number of thiazole rings is 1. The Morgan fingerprint density at radius 3 is 2.43 bits per heavy atom. The molecule has 1 aliphatic rings. The highest BCUT2D eigenvalue weighted by atomic mass is 32.1. The molecule has 2 heterocycles. The Morgan fingerprint density at radius 1 is 1.13 bits per heavy atom. The molecule has 0 spiro atoms. The average molecular weight is 337 g/mol. The van der Waals surface area contributed by atoms with E-state index in [2.05, 4.69) is 14.8 Å². The maximum absolute atomic E-state index is 13.1. The molecule has 1 fully saturated rings. The van der Waals surface area contributed by atoms with Crippen molar-refractivity contribution in [1.29, 1.82) is 0 Å². The third-order valence-electron chi connectivity index (χ3n) is 4.10. The predicted molar refractivity (Wildman–Crippen MR) is 89.1 cm³/mol. The summed E-state index contributed by atoms with van der Waals surface area (Å²) in [5.41, 5.74) is 1.62. The number of nitrogens with one attached hydrogen (secondary N) is 1. The number of aromatic nitrogens is 1. The number of piperazine rings is 1. The molecular weight excluding hydrogens is 317 g/mol. The molecule has 2 N–H and O–H groups in total. The first-order chi connectivity index (χ1) is 11.2. The number of aliphatic hydroxyl groups excluding tert-OH is 1. The molecule has 1 aromatic carbocycles. The van der Waals surface area contributed by atoms with Crippen LogP contribution in [0.3, 0.4) is 0 Å². The van der Waals surface area contributed by atoms with Crippen molar-refractivity contribution in [3.63, 3.8) is 0 Å². The molecule has 7 heteroatoms. The largest absolute Gasteiger partial charge is 0.395 e. The molecule has 23 heavy (non-hydrogen) atoms. The van der Waals surface area contributed by atoms with Crippen molar-refractivity contribution in [2.45, 2.75) is 6.54 Å². The van der Waals surface area contributed by atoms with E-state index < -0.39 is 0 Å². The van der Waals surface area contributed by atoms with Crippen molar-refractivity contribution in [3.8, 4) is 11.3 Å². The first-order valence-electron chi connectivity index (χ1n) is 7.69. The van der Waals surface area contributed by atoms with Gasteiger partial charge in [0.2, 0.25) is 0 Å². The topological polar surface area (TPSA) is 59.6 Å². The van der Waals surface area contributed by atoms with E-state index in [-0.39, 0.29) is 17.3 Å². The maximum atomic E-state index is 13.1. The second-order valence-electron chi connectivity index (χ2n) is 5.66. The number of aliphatic hydroxyl groups is 1. The van der Waals surface area contributed by atoms with Crippen LogP contribution >= 0.6 is 11.3 Å². The fourth-order valence-electron chi connectivity index (χ4n) is 2.84. The summed E-state index contributed by atoms with van der Waals surface area (Å²) < 4.78 is 13.1. The van der Waals surface area contributed by atoms with Gasteiger partial charge in [-0.25, -0.2) is 4.39 Å². The Kier molecular flexibility index (Phi) is 5.22. The number of benzene rings is 1. The molecule has 124 valence electrons. The summed E-state index contributed by atoms with van der Waals surface area (Å²) >= 11 is 1.22. The first-order valence-corrected chi connectivity index (χ1v) is 8.51. The van der Waals surface area contributed by atoms with Gasteiger partial charge in [-0.15, -0.1) is 0 Å². The minimum absolute atomic E-state index is 0.0850. The number of nitrogens with zero attached hydrogens (tertiary/aromatic N) is 2. The highest BCUT2D eigenvalue weighted by Gasteiger charge is 2.19. The molecule has 1 aromatic heterocycles. The molecule has 2 aromatic rings. The van der Waals surface area contributed by atoms with Crippen LogP contribution in [0.1, 0.15) is 4.88 Å². The number of H-pyrrole nitrogens is 1. The molecule has 1 aliphatic heterocycles. The van der Waals surface area contributed by atoms with Gasteiger partial charge in [0.25, 0.3) is 0 Å². The van der Waals surface area contributed by atoms with Crippen molar-refractivity contribution < 1.29 is 9.50 Å². The molecule has 1 saturated heterocycles. The molecule has 0 atom stereocenters. The zero-order valence-corrected chi connectivity index (χ0v) is 13.6. The first kappa shape index (κ1) is 16.3. The van der Waals surface area contributed by atoms with Crippen LogP contribution < -0.4 is 4.87 Å². The summed E-state index contributed by atoms with van der Waals surface area (Å²) in [6.07, 6.45) is 0. The Labute approximate surface area is 138 Å². The number of aromatic amines is 1. The second-order valence-corrected chi connectivity index (χ2v) is 6.73. The Hall–Kier alpha value is -1.54. The lowest BCUT2D eigenvalue weighted by Crippen LogP contribution is -2.46. The van der Waals surface area contributed by atoms with Gasteiger partial charge >= 0.3 is 4.87 Å². The smallest absolute Gasteiger partial charge is 0.305 e. The number of rotatable bonds is 5. The molecule has 0 aliphatic carbocycles. The maximum Gasteiger partial charge on any atom is 0.305 e. The molecule has 0 bridgehead atoms. The lowest BCUT2D eigenvalue weighted by atomic mass is 10.1. The Morgan fingerprint density at radius 2 is 1.78 bits per heavy atom. The van der Waals surface area contributed by atoms with E-state index >= 15 is 0 Å². The van der Waals surface area contributed by atoms with Gasteiger partial charge in [0.05, 0.1) is 12.3 Å². The van der Waals surface area contributed by atoms with Crippen LogP contribution in [0.25, 0.3) is 11.3 Å². The van der Waals surface area contributed by atoms with Crippen molar-refractivity contribution in [1.82, 2.24) is 14.8 Å². The van der Waals surface area contributed by atoms with E-state index in [9.17, 15) is 9.18 Å². The van der Waals surface area contributed by atoms with Crippen molar-refractivity contribution in [3.05, 3.63) is 44.6 Å². The van der Waals surface area contributed by atoms with Gasteiger partial charge in [-0.2, -0.15) is 0 Å². The van der Waals surface area contributed by atoms with Crippen molar-refractivity contribution in [2.75, 3.05) is 39.3 Å². The minimum Gasteiger partial charge on any atom is -0.395 e. The molecule has 5 nitrogen and oxygen atoms in total. The van der Waals surface area contributed by atoms with Gasteiger partial charge in [-0.3, -0.25) is 14.6 Å². The lowest BCUT2D eigenvalue weighted by molar-refractivity contribution is 0.109. The van der Waals surface area contributed by atoms with Crippen LogP contribution in [-0.4, -0.2) is 59.2 Å². The average Bonchev–Trinajstić information content (AvgIpc) is 2.91. The highest BCUT2D eigenvalue weighted by molar-refractivity contribution is 7.09. The third-order valence-corrected chi connectivity index (χ3v) is 4.97. The predicted octanol–water partition coefficient (Wildman–Crippen LogP) is 1.35. The van der Waals surface area contributed by atoms with Gasteiger partial charge in [0.1, 0.15) is 5.82 Å². The van der Waals surface area contributed by atoms with E-state index in [4.69, 9.17) is 5.11 Å². The molecular formula is C16H20FN3O2S. The molecule has 0 amide bonds. The van der Waals surface area contributed by atoms with E-state index in [1.165, 1.54) is 23.5 Å². The van der Waals surface area contributed by atoms with Gasteiger partial charge < -0.3 is 10.1 Å². The van der Waals surface area contributed by atoms with E-state index in [1.54, 1.807) is 12.1 Å². The quantitative estimate of drug-likeness (QED) is 0.865. The summed E-state index contributed by atoms with van der Waals surface area (Å²) in [6.45, 7) is 5.28. The summed E-state index contributed by atoms with van der Waals surface area (Å²) in [7, 11) is 0. The van der Waals surface area contributed by atoms with Gasteiger partial charge in [0, 0.05) is 44.1 Å². The number of hydrogen-bond donors (Lipinski definition) is 2. The molecule has 3 rings (SSSR count). The zero-order chi connectivity index (χ0) is 16.2. The number of halogens is 1.